The van der Waals surface area contributed by atoms with E-state index in [0.717, 1.165) is 12.0 Å². The van der Waals surface area contributed by atoms with Crippen LogP contribution in [0.5, 0.6) is 0 Å². The van der Waals surface area contributed by atoms with Crippen LogP contribution in [0.3, 0.4) is 0 Å². The first-order chi connectivity index (χ1) is 8.28. The number of hydrogen-bond donors (Lipinski definition) is 1. The van der Waals surface area contributed by atoms with Crippen LogP contribution in [0.1, 0.15) is 27.2 Å². The number of carbonyl (C=O) groups excluding carboxylic acids is 1. The molecule has 18 heavy (non-hydrogen) atoms. The van der Waals surface area contributed by atoms with Gasteiger partial charge in [-0.15, -0.1) is 0 Å². The van der Waals surface area contributed by atoms with Gasteiger partial charge < -0.3 is 9.47 Å². The minimum atomic E-state index is -0.492. The molecule has 0 saturated carbocycles. The van der Waals surface area contributed by atoms with Gasteiger partial charge >= 0.3 is 6.09 Å². The average Bonchev–Trinajstić information content (AvgIpc) is 2.60. The molecule has 5 heteroatoms. The fraction of sp³-hybridized carbons (Fsp3) is 0.769. The van der Waals surface area contributed by atoms with E-state index in [1.807, 2.05) is 27.8 Å². The van der Waals surface area contributed by atoms with Crippen molar-refractivity contribution in [3.63, 3.8) is 0 Å². The number of likely N-dealkylation sites (N-methyl/N-ethyl adjacent to an activating group) is 1. The van der Waals surface area contributed by atoms with E-state index in [4.69, 9.17) is 9.47 Å². The van der Waals surface area contributed by atoms with E-state index in [9.17, 15) is 4.79 Å². The van der Waals surface area contributed by atoms with E-state index >= 15 is 0 Å². The largest absolute Gasteiger partial charge is 0.444 e. The van der Waals surface area contributed by atoms with Crippen LogP contribution < -0.4 is 5.32 Å². The molecule has 0 aromatic carbocycles. The molecule has 1 amide bonds. The lowest BCUT2D eigenvalue weighted by atomic mass is 10.1. The molecule has 1 aliphatic heterocycles. The second kappa shape index (κ2) is 5.71. The zero-order chi connectivity index (χ0) is 13.9. The molecule has 1 unspecified atom stereocenters. The van der Waals surface area contributed by atoms with Gasteiger partial charge in [-0.05, 0) is 34.2 Å². The minimum Gasteiger partial charge on any atom is -0.444 e. The average molecular weight is 256 g/mol. The van der Waals surface area contributed by atoms with Crippen LogP contribution in [-0.4, -0.2) is 49.6 Å². The lowest BCUT2D eigenvalue weighted by Crippen LogP contribution is -2.50. The lowest BCUT2D eigenvalue weighted by Gasteiger charge is -2.31. The lowest BCUT2D eigenvalue weighted by molar-refractivity contribution is -0.0130. The van der Waals surface area contributed by atoms with Gasteiger partial charge in [0.05, 0.1) is 6.04 Å². The van der Waals surface area contributed by atoms with Gasteiger partial charge in [0.1, 0.15) is 11.8 Å². The molecule has 0 aromatic heterocycles. The fourth-order valence-corrected chi connectivity index (χ4v) is 2.09. The molecule has 0 spiro atoms. The van der Waals surface area contributed by atoms with Gasteiger partial charge in [-0.25, -0.2) is 4.79 Å². The number of carbonyl (C=O) groups is 1. The topological polar surface area (TPSA) is 50.8 Å². The Bertz CT molecular complexity index is 319. The predicted octanol–water partition coefficient (Wildman–Crippen LogP) is 1.74. The molecular weight excluding hydrogens is 232 g/mol. The van der Waals surface area contributed by atoms with E-state index in [2.05, 4.69) is 11.9 Å². The summed E-state index contributed by atoms with van der Waals surface area (Å²) in [6, 6.07) is -0.0673. The number of hydrogen-bond acceptors (Lipinski definition) is 4. The maximum absolute atomic E-state index is 12.1. The summed E-state index contributed by atoms with van der Waals surface area (Å²) < 4.78 is 10.7. The van der Waals surface area contributed by atoms with Gasteiger partial charge in [0.15, 0.2) is 0 Å². The summed E-state index contributed by atoms with van der Waals surface area (Å²) in [4.78, 5) is 13.8. The first-order valence-corrected chi connectivity index (χ1v) is 6.15. The monoisotopic (exact) mass is 256 g/mol. The normalized spacial score (nSPS) is 22.2. The van der Waals surface area contributed by atoms with Crippen LogP contribution in [0.15, 0.2) is 12.2 Å². The Morgan fingerprint density at radius 3 is 2.61 bits per heavy atom. The summed E-state index contributed by atoms with van der Waals surface area (Å²) in [5.41, 5.74) is 0.525. The Balaban J connectivity index is 2.78. The highest BCUT2D eigenvalue weighted by molar-refractivity contribution is 5.69. The van der Waals surface area contributed by atoms with Crippen molar-refractivity contribution in [2.75, 3.05) is 20.7 Å². The minimum absolute atomic E-state index is 0.0673. The maximum Gasteiger partial charge on any atom is 0.410 e. The fourth-order valence-electron chi connectivity index (χ4n) is 2.09. The second-order valence-electron chi connectivity index (χ2n) is 5.57. The van der Waals surface area contributed by atoms with Crippen LogP contribution in [0, 0.1) is 0 Å². The van der Waals surface area contributed by atoms with Gasteiger partial charge in [-0.1, -0.05) is 12.2 Å². The number of rotatable bonds is 3. The van der Waals surface area contributed by atoms with Gasteiger partial charge in [0, 0.05) is 13.7 Å². The highest BCUT2D eigenvalue weighted by Gasteiger charge is 2.38. The molecule has 0 aliphatic carbocycles. The van der Waals surface area contributed by atoms with Crippen molar-refractivity contribution in [2.24, 2.45) is 0 Å². The van der Waals surface area contributed by atoms with E-state index in [-0.39, 0.29) is 18.4 Å². The number of nitrogens with zero attached hydrogens (tertiary/aromatic N) is 1. The third-order valence-electron chi connectivity index (χ3n) is 2.81. The highest BCUT2D eigenvalue weighted by Crippen LogP contribution is 2.26. The zero-order valence-corrected chi connectivity index (χ0v) is 11.9. The Morgan fingerprint density at radius 1 is 1.56 bits per heavy atom. The van der Waals surface area contributed by atoms with Gasteiger partial charge in [0.2, 0.25) is 0 Å². The SMILES string of the molecule is C=C1C[C@@H](C(NC)OC)N(C(=O)OC(C)(C)C)C1. The van der Waals surface area contributed by atoms with Crippen LogP contribution >= 0.6 is 0 Å². The third-order valence-corrected chi connectivity index (χ3v) is 2.81. The first-order valence-electron chi connectivity index (χ1n) is 6.15. The molecule has 1 fully saturated rings. The third kappa shape index (κ3) is 3.71. The molecular formula is C13H24N2O3. The van der Waals surface area contributed by atoms with Crippen LogP contribution in [0.2, 0.25) is 0 Å². The highest BCUT2D eigenvalue weighted by atomic mass is 16.6. The van der Waals surface area contributed by atoms with Crippen molar-refractivity contribution in [3.05, 3.63) is 12.2 Å². The van der Waals surface area contributed by atoms with E-state index in [0.29, 0.717) is 6.54 Å². The van der Waals surface area contributed by atoms with Crippen molar-refractivity contribution >= 4 is 6.09 Å². The van der Waals surface area contributed by atoms with Gasteiger partial charge in [0.25, 0.3) is 0 Å². The van der Waals surface area contributed by atoms with Crippen molar-refractivity contribution in [1.82, 2.24) is 10.2 Å². The number of amides is 1. The quantitative estimate of drug-likeness (QED) is 0.617. The van der Waals surface area contributed by atoms with Gasteiger partial charge in [-0.2, -0.15) is 0 Å². The number of ether oxygens (including phenoxy) is 2. The summed E-state index contributed by atoms with van der Waals surface area (Å²) in [6.07, 6.45) is 0.207. The molecule has 1 aliphatic rings. The molecule has 5 nitrogen and oxygen atoms in total. The molecule has 0 bridgehead atoms. The molecule has 0 radical (unpaired) electrons. The van der Waals surface area contributed by atoms with Crippen LogP contribution in [0.4, 0.5) is 4.79 Å². The molecule has 1 rings (SSSR count). The second-order valence-corrected chi connectivity index (χ2v) is 5.57. The summed E-state index contributed by atoms with van der Waals surface area (Å²) in [5.74, 6) is 0. The zero-order valence-electron chi connectivity index (χ0n) is 11.9. The predicted molar refractivity (Wildman–Crippen MR) is 70.3 cm³/mol. The van der Waals surface area contributed by atoms with Gasteiger partial charge in [-0.3, -0.25) is 10.2 Å². The van der Waals surface area contributed by atoms with Crippen LogP contribution in [-0.2, 0) is 9.47 Å². The summed E-state index contributed by atoms with van der Waals surface area (Å²) >= 11 is 0. The number of nitrogens with one attached hydrogen (secondary N) is 1. The van der Waals surface area contributed by atoms with Crippen molar-refractivity contribution in [3.8, 4) is 0 Å². The molecule has 0 aromatic rings. The molecule has 2 atom stereocenters. The Labute approximate surface area is 109 Å². The summed E-state index contributed by atoms with van der Waals surface area (Å²) in [6.45, 7) is 10.1. The summed E-state index contributed by atoms with van der Waals surface area (Å²) in [7, 11) is 3.43. The maximum atomic E-state index is 12.1. The van der Waals surface area contributed by atoms with Crippen molar-refractivity contribution in [1.29, 1.82) is 0 Å². The molecule has 1 saturated heterocycles. The Kier molecular flexibility index (Phi) is 4.76. The van der Waals surface area contributed by atoms with Crippen molar-refractivity contribution in [2.45, 2.75) is 45.1 Å². The number of methoxy groups -OCH3 is 1. The van der Waals surface area contributed by atoms with E-state index < -0.39 is 5.60 Å². The van der Waals surface area contributed by atoms with Crippen molar-refractivity contribution < 1.29 is 14.3 Å². The Hall–Kier alpha value is -1.07. The molecule has 1 heterocycles. The molecule has 1 N–H and O–H groups in total. The molecule has 104 valence electrons. The Morgan fingerprint density at radius 2 is 2.17 bits per heavy atom. The smallest absolute Gasteiger partial charge is 0.410 e. The first kappa shape index (κ1) is 15.0. The van der Waals surface area contributed by atoms with E-state index in [1.165, 1.54) is 0 Å². The number of likely N-dealkylation sites (tertiary alicyclic amines) is 1. The summed E-state index contributed by atoms with van der Waals surface area (Å²) in [5, 5.41) is 3.05. The van der Waals surface area contributed by atoms with E-state index in [1.54, 1.807) is 12.0 Å². The van der Waals surface area contributed by atoms with Crippen LogP contribution in [0.25, 0.3) is 0 Å². The standard InChI is InChI=1S/C13H24N2O3/c1-9-7-10(11(14-5)17-6)15(8-9)12(16)18-13(2,3)4/h10-11,14H,1,7-8H2,2-6H3/t10-,11?/m0/s1.